The zero-order chi connectivity index (χ0) is 10.2. The molecular weight excluding hydrogens is 268 g/mol. The van der Waals surface area contributed by atoms with Crippen LogP contribution in [0, 0.1) is 0 Å². The molecule has 0 aliphatic carbocycles. The fraction of sp³-hybridized carbons (Fsp3) is 1.00. The average Bonchev–Trinajstić information content (AvgIpc) is 2.05. The van der Waals surface area contributed by atoms with Gasteiger partial charge in [-0.05, 0) is 24.6 Å². The maximum atomic E-state index is 9.36. The predicted molar refractivity (Wildman–Crippen MR) is 64.1 cm³/mol. The van der Waals surface area contributed by atoms with Gasteiger partial charge in [-0.2, -0.15) is 0 Å². The summed E-state index contributed by atoms with van der Waals surface area (Å²) in [4.78, 5) is 9.36. The molecule has 8 heteroatoms. The van der Waals surface area contributed by atoms with Crippen molar-refractivity contribution in [2.24, 2.45) is 0 Å². The van der Waals surface area contributed by atoms with Gasteiger partial charge in [0.05, 0.1) is 13.2 Å². The lowest BCUT2D eigenvalue weighted by atomic mass is 10.5. The maximum Gasteiger partial charge on any atom is 0.324 e. The van der Waals surface area contributed by atoms with Crippen LogP contribution in [-0.4, -0.2) is 29.9 Å². The molecule has 0 atom stereocenters. The molecule has 14 heavy (non-hydrogen) atoms. The van der Waals surface area contributed by atoms with Gasteiger partial charge in [0.1, 0.15) is 0 Å². The smallest absolute Gasteiger partial charge is 0.324 e. The Hall–Kier alpha value is 1.07. The Balaban J connectivity index is 0. The van der Waals surface area contributed by atoms with Crippen molar-refractivity contribution in [1.29, 1.82) is 0 Å². The molecule has 0 aromatic rings. The minimum Gasteiger partial charge on any atom is -0.344 e. The zero-order valence-electron chi connectivity index (χ0n) is 7.82. The summed E-state index contributed by atoms with van der Waals surface area (Å²) in [6, 6.07) is 0. The summed E-state index contributed by atoms with van der Waals surface area (Å²) in [5.41, 5.74) is 0. The van der Waals surface area contributed by atoms with Gasteiger partial charge in [0.25, 0.3) is 0 Å². The van der Waals surface area contributed by atoms with Gasteiger partial charge in [0.15, 0.2) is 0 Å². The second kappa shape index (κ2) is 10.6. The summed E-state index contributed by atoms with van der Waals surface area (Å²) in [7, 11) is 0. The van der Waals surface area contributed by atoms with E-state index in [1.165, 1.54) is 0 Å². The van der Waals surface area contributed by atoms with E-state index in [1.54, 1.807) is 0 Å². The number of rotatable bonds is 8. The Labute approximate surface area is 99.7 Å². The van der Waals surface area contributed by atoms with Crippen molar-refractivity contribution < 1.29 is 13.9 Å². The Morgan fingerprint density at radius 1 is 1.07 bits per heavy atom. The Bertz CT molecular complexity index is 161. The summed E-state index contributed by atoms with van der Waals surface area (Å²) in [6.45, 7) is -2.37. The standard InChI is InChI=1S/C6H13Cl2O3PS.H3N/c7-3-1-5-10-12(9,13)11-6-2-4-8;/h1-6H2,(H,9,13);1H3. The van der Waals surface area contributed by atoms with Crippen LogP contribution in [0.4, 0.5) is 0 Å². The first-order valence-electron chi connectivity index (χ1n) is 3.86. The highest BCUT2D eigenvalue weighted by atomic mass is 35.5. The third-order valence-electron chi connectivity index (χ3n) is 1.06. The molecule has 0 radical (unpaired) electrons. The molecule has 4 N–H and O–H groups in total. The summed E-state index contributed by atoms with van der Waals surface area (Å²) in [5.74, 6) is 0.966. The van der Waals surface area contributed by atoms with Crippen molar-refractivity contribution in [2.75, 3.05) is 25.0 Å². The first-order valence-corrected chi connectivity index (χ1v) is 7.52. The van der Waals surface area contributed by atoms with Crippen LogP contribution in [0.2, 0.25) is 0 Å². The zero-order valence-corrected chi connectivity index (χ0v) is 11.0. The summed E-state index contributed by atoms with van der Waals surface area (Å²) >= 11 is 15.5. The minimum absolute atomic E-state index is 0. The molecule has 0 amide bonds. The molecule has 0 saturated heterocycles. The van der Waals surface area contributed by atoms with Gasteiger partial charge in [0.2, 0.25) is 0 Å². The van der Waals surface area contributed by atoms with Crippen LogP contribution < -0.4 is 6.15 Å². The monoisotopic (exact) mass is 283 g/mol. The predicted octanol–water partition coefficient (Wildman–Crippen LogP) is 2.66. The molecule has 0 heterocycles. The van der Waals surface area contributed by atoms with Crippen molar-refractivity contribution in [2.45, 2.75) is 12.8 Å². The van der Waals surface area contributed by atoms with E-state index in [1.807, 2.05) is 0 Å². The van der Waals surface area contributed by atoms with Crippen LogP contribution in [-0.2, 0) is 20.9 Å². The largest absolute Gasteiger partial charge is 0.344 e. The third kappa shape index (κ3) is 11.1. The van der Waals surface area contributed by atoms with Crippen LogP contribution >= 0.6 is 29.9 Å². The van der Waals surface area contributed by atoms with Crippen LogP contribution in [0.15, 0.2) is 0 Å². The van der Waals surface area contributed by atoms with Gasteiger partial charge in [-0.15, -0.1) is 23.2 Å². The van der Waals surface area contributed by atoms with Crippen molar-refractivity contribution in [3.05, 3.63) is 0 Å². The minimum atomic E-state index is -3.04. The molecule has 0 aromatic carbocycles. The molecule has 0 bridgehead atoms. The fourth-order valence-corrected chi connectivity index (χ4v) is 1.97. The van der Waals surface area contributed by atoms with E-state index in [0.717, 1.165) is 0 Å². The molecule has 0 rings (SSSR count). The number of halogens is 2. The Morgan fingerprint density at radius 3 is 1.71 bits per heavy atom. The van der Waals surface area contributed by atoms with Gasteiger partial charge >= 0.3 is 6.72 Å². The van der Waals surface area contributed by atoms with E-state index in [0.29, 0.717) is 37.8 Å². The lowest BCUT2D eigenvalue weighted by Crippen LogP contribution is -1.99. The molecule has 0 aliphatic rings. The highest BCUT2D eigenvalue weighted by Crippen LogP contribution is 2.43. The van der Waals surface area contributed by atoms with Gasteiger partial charge in [-0.25, -0.2) is 0 Å². The van der Waals surface area contributed by atoms with Crippen molar-refractivity contribution >= 4 is 41.7 Å². The number of hydrogen-bond acceptors (Lipinski definition) is 4. The maximum absolute atomic E-state index is 9.36. The van der Waals surface area contributed by atoms with Crippen LogP contribution in [0.1, 0.15) is 12.8 Å². The number of hydrogen-bond donors (Lipinski definition) is 2. The second-order valence-electron chi connectivity index (χ2n) is 2.22. The highest BCUT2D eigenvalue weighted by molar-refractivity contribution is 8.07. The van der Waals surface area contributed by atoms with E-state index in [-0.39, 0.29) is 6.15 Å². The molecule has 0 saturated carbocycles. The van der Waals surface area contributed by atoms with E-state index >= 15 is 0 Å². The first kappa shape index (κ1) is 17.5. The van der Waals surface area contributed by atoms with E-state index in [9.17, 15) is 4.89 Å². The molecule has 0 unspecified atom stereocenters. The summed E-state index contributed by atoms with van der Waals surface area (Å²) < 4.78 is 9.90. The van der Waals surface area contributed by atoms with Gasteiger partial charge in [-0.1, -0.05) is 0 Å². The lowest BCUT2D eigenvalue weighted by molar-refractivity contribution is 0.198. The highest BCUT2D eigenvalue weighted by Gasteiger charge is 2.13. The lowest BCUT2D eigenvalue weighted by Gasteiger charge is -2.14. The van der Waals surface area contributed by atoms with Gasteiger partial charge < -0.3 is 20.1 Å². The van der Waals surface area contributed by atoms with Crippen molar-refractivity contribution in [3.63, 3.8) is 0 Å². The second-order valence-corrected chi connectivity index (χ2v) is 5.81. The molecule has 0 aliphatic heterocycles. The average molecular weight is 284 g/mol. The molecule has 0 aromatic heterocycles. The molecule has 0 spiro atoms. The molecule has 0 fully saturated rings. The van der Waals surface area contributed by atoms with Crippen LogP contribution in [0.5, 0.6) is 0 Å². The van der Waals surface area contributed by atoms with Crippen molar-refractivity contribution in [1.82, 2.24) is 6.15 Å². The van der Waals surface area contributed by atoms with Gasteiger partial charge in [0, 0.05) is 11.8 Å². The van der Waals surface area contributed by atoms with E-state index in [4.69, 9.17) is 44.1 Å². The third-order valence-corrected chi connectivity index (χ3v) is 3.25. The fourth-order valence-electron chi connectivity index (χ4n) is 0.506. The van der Waals surface area contributed by atoms with E-state index < -0.39 is 6.72 Å². The van der Waals surface area contributed by atoms with Crippen molar-refractivity contribution in [3.8, 4) is 0 Å². The number of alkyl halides is 2. The quantitative estimate of drug-likeness (QED) is 0.407. The topological polar surface area (TPSA) is 73.7 Å². The summed E-state index contributed by atoms with van der Waals surface area (Å²) in [5, 5.41) is 0. The Kier molecular flexibility index (Phi) is 13.2. The van der Waals surface area contributed by atoms with Crippen LogP contribution in [0.25, 0.3) is 0 Å². The normalized spacial score (nSPS) is 11.1. The van der Waals surface area contributed by atoms with Crippen LogP contribution in [0.3, 0.4) is 0 Å². The summed E-state index contributed by atoms with van der Waals surface area (Å²) in [6.07, 6.45) is 1.30. The molecular formula is C6H16Cl2NO3PS. The Morgan fingerprint density at radius 2 is 1.43 bits per heavy atom. The molecule has 88 valence electrons. The SMILES string of the molecule is N.OP(=S)(OCCCCl)OCCCCl. The first-order chi connectivity index (χ1) is 6.12. The van der Waals surface area contributed by atoms with Gasteiger partial charge in [-0.3, -0.25) is 0 Å². The van der Waals surface area contributed by atoms with E-state index in [2.05, 4.69) is 0 Å². The molecule has 4 nitrogen and oxygen atoms in total.